The molecular formula is C11H14FNO2. The van der Waals surface area contributed by atoms with E-state index in [-0.39, 0.29) is 12.4 Å². The number of benzene rings is 1. The zero-order valence-corrected chi connectivity index (χ0v) is 8.32. The van der Waals surface area contributed by atoms with Gasteiger partial charge in [-0.2, -0.15) is 0 Å². The zero-order chi connectivity index (χ0) is 10.8. The van der Waals surface area contributed by atoms with E-state index in [0.717, 1.165) is 11.1 Å². The second-order valence-corrected chi connectivity index (χ2v) is 3.69. The third kappa shape index (κ3) is 2.02. The lowest BCUT2D eigenvalue weighted by atomic mass is 9.94. The topological polar surface area (TPSA) is 55.5 Å². The maximum Gasteiger partial charge on any atom is 0.123 e. The number of nitrogens with two attached hydrogens (primary N) is 1. The SMILES string of the molecule is NCC(O)C1OCCc2cc(F)ccc21. The summed E-state index contributed by atoms with van der Waals surface area (Å²) in [5.74, 6) is -0.253. The van der Waals surface area contributed by atoms with Gasteiger partial charge in [0.05, 0.1) is 12.7 Å². The van der Waals surface area contributed by atoms with Crippen LogP contribution in [0.3, 0.4) is 0 Å². The van der Waals surface area contributed by atoms with Crippen LogP contribution in [-0.4, -0.2) is 24.4 Å². The Hall–Kier alpha value is -0.970. The lowest BCUT2D eigenvalue weighted by Crippen LogP contribution is -2.32. The summed E-state index contributed by atoms with van der Waals surface area (Å²) in [6, 6.07) is 4.53. The first kappa shape index (κ1) is 10.5. The molecular weight excluding hydrogens is 197 g/mol. The molecule has 0 amide bonds. The number of rotatable bonds is 2. The Morgan fingerprint density at radius 3 is 3.13 bits per heavy atom. The van der Waals surface area contributed by atoms with Gasteiger partial charge in [0, 0.05) is 6.54 Å². The highest BCUT2D eigenvalue weighted by atomic mass is 19.1. The normalized spacial score (nSPS) is 22.2. The maximum atomic E-state index is 13.0. The molecule has 15 heavy (non-hydrogen) atoms. The van der Waals surface area contributed by atoms with Crippen molar-refractivity contribution in [2.75, 3.05) is 13.2 Å². The highest BCUT2D eigenvalue weighted by Crippen LogP contribution is 2.29. The van der Waals surface area contributed by atoms with Crippen LogP contribution < -0.4 is 5.73 Å². The van der Waals surface area contributed by atoms with Gasteiger partial charge in [0.15, 0.2) is 0 Å². The number of halogens is 1. The van der Waals surface area contributed by atoms with Crippen molar-refractivity contribution >= 4 is 0 Å². The number of aliphatic hydroxyl groups excluding tert-OH is 1. The van der Waals surface area contributed by atoms with E-state index >= 15 is 0 Å². The number of hydrogen-bond acceptors (Lipinski definition) is 3. The van der Waals surface area contributed by atoms with Gasteiger partial charge in [-0.05, 0) is 29.7 Å². The first-order chi connectivity index (χ1) is 7.22. The summed E-state index contributed by atoms with van der Waals surface area (Å²) in [6.07, 6.45) is -0.463. The average molecular weight is 211 g/mol. The minimum absolute atomic E-state index is 0.140. The number of ether oxygens (including phenoxy) is 1. The average Bonchev–Trinajstić information content (AvgIpc) is 2.26. The zero-order valence-electron chi connectivity index (χ0n) is 8.32. The predicted octanol–water partition coefficient (Wildman–Crippen LogP) is 0.759. The predicted molar refractivity (Wildman–Crippen MR) is 53.9 cm³/mol. The van der Waals surface area contributed by atoms with E-state index in [1.165, 1.54) is 12.1 Å². The molecule has 82 valence electrons. The van der Waals surface area contributed by atoms with Crippen molar-refractivity contribution in [2.24, 2.45) is 5.73 Å². The Balaban J connectivity index is 2.34. The summed E-state index contributed by atoms with van der Waals surface area (Å²) in [5.41, 5.74) is 7.14. The van der Waals surface area contributed by atoms with Crippen molar-refractivity contribution in [2.45, 2.75) is 18.6 Å². The van der Waals surface area contributed by atoms with Gasteiger partial charge in [-0.1, -0.05) is 6.07 Å². The molecule has 1 aliphatic heterocycles. The van der Waals surface area contributed by atoms with Gasteiger partial charge in [-0.3, -0.25) is 0 Å². The second-order valence-electron chi connectivity index (χ2n) is 3.69. The van der Waals surface area contributed by atoms with E-state index in [1.54, 1.807) is 6.07 Å². The summed E-state index contributed by atoms with van der Waals surface area (Å²) in [4.78, 5) is 0. The van der Waals surface area contributed by atoms with Crippen LogP contribution >= 0.6 is 0 Å². The number of hydrogen-bond donors (Lipinski definition) is 2. The van der Waals surface area contributed by atoms with Gasteiger partial charge in [-0.25, -0.2) is 4.39 Å². The van der Waals surface area contributed by atoms with Crippen molar-refractivity contribution in [1.82, 2.24) is 0 Å². The van der Waals surface area contributed by atoms with Crippen molar-refractivity contribution in [1.29, 1.82) is 0 Å². The van der Waals surface area contributed by atoms with E-state index in [0.29, 0.717) is 13.0 Å². The van der Waals surface area contributed by atoms with Crippen LogP contribution in [0.5, 0.6) is 0 Å². The quantitative estimate of drug-likeness (QED) is 0.759. The van der Waals surface area contributed by atoms with Gasteiger partial charge in [0.25, 0.3) is 0 Å². The van der Waals surface area contributed by atoms with Crippen LogP contribution in [-0.2, 0) is 11.2 Å². The molecule has 0 aliphatic carbocycles. The number of fused-ring (bicyclic) bond motifs is 1. The molecule has 0 spiro atoms. The Kier molecular flexibility index (Phi) is 3.00. The minimum atomic E-state index is -0.727. The van der Waals surface area contributed by atoms with E-state index in [1.807, 2.05) is 0 Å². The van der Waals surface area contributed by atoms with Crippen LogP contribution in [0.25, 0.3) is 0 Å². The van der Waals surface area contributed by atoms with Crippen molar-refractivity contribution < 1.29 is 14.2 Å². The summed E-state index contributed by atoms with van der Waals surface area (Å²) in [6.45, 7) is 0.639. The molecule has 2 rings (SSSR count). The van der Waals surface area contributed by atoms with Crippen LogP contribution in [0.15, 0.2) is 18.2 Å². The Morgan fingerprint density at radius 1 is 1.60 bits per heavy atom. The molecule has 3 nitrogen and oxygen atoms in total. The molecule has 0 saturated carbocycles. The fourth-order valence-electron chi connectivity index (χ4n) is 1.90. The third-order valence-corrected chi connectivity index (χ3v) is 2.67. The second kappa shape index (κ2) is 4.26. The van der Waals surface area contributed by atoms with Crippen LogP contribution in [0, 0.1) is 5.82 Å². The van der Waals surface area contributed by atoms with Crippen molar-refractivity contribution in [3.63, 3.8) is 0 Å². The molecule has 0 bridgehead atoms. The molecule has 0 aromatic heterocycles. The Labute approximate surface area is 87.7 Å². The minimum Gasteiger partial charge on any atom is -0.389 e. The van der Waals surface area contributed by atoms with E-state index in [2.05, 4.69) is 0 Å². The standard InChI is InChI=1S/C11H14FNO2/c12-8-1-2-9-7(5-8)3-4-15-11(9)10(14)6-13/h1-2,5,10-11,14H,3-4,6,13H2. The fraction of sp³-hybridized carbons (Fsp3) is 0.455. The van der Waals surface area contributed by atoms with Crippen LogP contribution in [0.2, 0.25) is 0 Å². The maximum absolute atomic E-state index is 13.0. The highest BCUT2D eigenvalue weighted by Gasteiger charge is 2.26. The summed E-state index contributed by atoms with van der Waals surface area (Å²) in [7, 11) is 0. The molecule has 1 aliphatic rings. The smallest absolute Gasteiger partial charge is 0.123 e. The summed E-state index contributed by atoms with van der Waals surface area (Å²) < 4.78 is 18.4. The number of aliphatic hydroxyl groups is 1. The van der Waals surface area contributed by atoms with Crippen molar-refractivity contribution in [3.8, 4) is 0 Å². The molecule has 1 heterocycles. The molecule has 0 radical (unpaired) electrons. The first-order valence-corrected chi connectivity index (χ1v) is 5.00. The van der Waals surface area contributed by atoms with Gasteiger partial charge in [0.2, 0.25) is 0 Å². The largest absolute Gasteiger partial charge is 0.389 e. The molecule has 1 aromatic carbocycles. The molecule has 3 N–H and O–H groups in total. The van der Waals surface area contributed by atoms with E-state index in [4.69, 9.17) is 10.5 Å². The van der Waals surface area contributed by atoms with E-state index in [9.17, 15) is 9.50 Å². The Bertz CT molecular complexity index is 356. The lowest BCUT2D eigenvalue weighted by Gasteiger charge is -2.29. The molecule has 2 atom stereocenters. The van der Waals surface area contributed by atoms with Gasteiger partial charge < -0.3 is 15.6 Å². The van der Waals surface area contributed by atoms with E-state index < -0.39 is 12.2 Å². The monoisotopic (exact) mass is 211 g/mol. The summed E-state index contributed by atoms with van der Waals surface area (Å²) >= 11 is 0. The first-order valence-electron chi connectivity index (χ1n) is 5.00. The Morgan fingerprint density at radius 2 is 2.40 bits per heavy atom. The van der Waals surface area contributed by atoms with Gasteiger partial charge in [-0.15, -0.1) is 0 Å². The third-order valence-electron chi connectivity index (χ3n) is 2.67. The molecule has 0 saturated heterocycles. The molecule has 4 heteroatoms. The fourth-order valence-corrected chi connectivity index (χ4v) is 1.90. The van der Waals surface area contributed by atoms with Crippen molar-refractivity contribution in [3.05, 3.63) is 35.1 Å². The van der Waals surface area contributed by atoms with Gasteiger partial charge in [0.1, 0.15) is 11.9 Å². The molecule has 1 aromatic rings. The van der Waals surface area contributed by atoms with Crippen LogP contribution in [0.1, 0.15) is 17.2 Å². The van der Waals surface area contributed by atoms with Crippen LogP contribution in [0.4, 0.5) is 4.39 Å². The molecule has 2 unspecified atom stereocenters. The summed E-state index contributed by atoms with van der Waals surface area (Å²) in [5, 5.41) is 9.66. The van der Waals surface area contributed by atoms with Gasteiger partial charge >= 0.3 is 0 Å². The molecule has 0 fully saturated rings. The highest BCUT2D eigenvalue weighted by molar-refractivity contribution is 5.32. The lowest BCUT2D eigenvalue weighted by molar-refractivity contribution is -0.0424.